The Bertz CT molecular complexity index is 635. The normalized spacial score (nSPS) is 38.5. The molecule has 0 aromatic heterocycles. The molecule has 2 saturated carbocycles. The Morgan fingerprint density at radius 1 is 1.50 bits per heavy atom. The van der Waals surface area contributed by atoms with Gasteiger partial charge in [-0.05, 0) is 43.1 Å². The second-order valence-electron chi connectivity index (χ2n) is 7.43. The summed E-state index contributed by atoms with van der Waals surface area (Å²) in [5, 5.41) is 19.6. The number of aliphatic hydroxyl groups is 2. The lowest BCUT2D eigenvalue weighted by molar-refractivity contribution is -0.205. The van der Waals surface area contributed by atoms with Crippen LogP contribution < -0.4 is 0 Å². The first-order valence-electron chi connectivity index (χ1n) is 8.35. The standard InChI is InChI=1S/C18H24O6/c1-10-12-8-13-11(2)16(21)24-18(13,22)9-17(12,3)6-4-14(10)23-15(20)5-7-19/h12,14,19,22H,1,4-9H2,2-3H3/t12-,14?,17+,18?/m0/s1. The van der Waals surface area contributed by atoms with E-state index in [9.17, 15) is 14.7 Å². The molecule has 2 N–H and O–H groups in total. The van der Waals surface area contributed by atoms with Crippen LogP contribution in [0.4, 0.5) is 0 Å². The van der Waals surface area contributed by atoms with Gasteiger partial charge >= 0.3 is 11.9 Å². The summed E-state index contributed by atoms with van der Waals surface area (Å²) in [7, 11) is 0. The second kappa shape index (κ2) is 5.70. The minimum atomic E-state index is -1.51. The van der Waals surface area contributed by atoms with Crippen LogP contribution in [0.2, 0.25) is 0 Å². The highest BCUT2D eigenvalue weighted by atomic mass is 16.7. The van der Waals surface area contributed by atoms with Gasteiger partial charge in [-0.3, -0.25) is 4.79 Å². The molecule has 132 valence electrons. The molecule has 2 aliphatic carbocycles. The number of hydrogen-bond acceptors (Lipinski definition) is 6. The number of rotatable bonds is 3. The molecule has 0 spiro atoms. The molecule has 0 aromatic rings. The van der Waals surface area contributed by atoms with Crippen LogP contribution in [0, 0.1) is 11.3 Å². The van der Waals surface area contributed by atoms with Crippen molar-refractivity contribution in [3.05, 3.63) is 23.3 Å². The number of carbonyl (C=O) groups excluding carboxylic acids is 2. The molecule has 24 heavy (non-hydrogen) atoms. The van der Waals surface area contributed by atoms with Gasteiger partial charge in [0, 0.05) is 17.6 Å². The molecule has 6 nitrogen and oxygen atoms in total. The molecule has 0 radical (unpaired) electrons. The molecule has 1 aliphatic heterocycles. The van der Waals surface area contributed by atoms with E-state index in [0.717, 1.165) is 12.0 Å². The zero-order valence-electron chi connectivity index (χ0n) is 14.1. The topological polar surface area (TPSA) is 93.1 Å². The third-order valence-electron chi connectivity index (χ3n) is 5.81. The van der Waals surface area contributed by atoms with Crippen molar-refractivity contribution >= 4 is 11.9 Å². The van der Waals surface area contributed by atoms with Gasteiger partial charge in [-0.25, -0.2) is 4.79 Å². The second-order valence-corrected chi connectivity index (χ2v) is 7.43. The maximum absolute atomic E-state index is 11.9. The van der Waals surface area contributed by atoms with Crippen LogP contribution in [0.5, 0.6) is 0 Å². The van der Waals surface area contributed by atoms with Gasteiger partial charge in [-0.2, -0.15) is 0 Å². The fourth-order valence-electron chi connectivity index (χ4n) is 4.44. The number of hydrogen-bond donors (Lipinski definition) is 2. The summed E-state index contributed by atoms with van der Waals surface area (Å²) in [4.78, 5) is 23.6. The van der Waals surface area contributed by atoms with E-state index < -0.39 is 17.7 Å². The van der Waals surface area contributed by atoms with Crippen molar-refractivity contribution in [1.29, 1.82) is 0 Å². The first-order valence-corrected chi connectivity index (χ1v) is 8.35. The Morgan fingerprint density at radius 2 is 2.21 bits per heavy atom. The molecular formula is C18H24O6. The Hall–Kier alpha value is -1.66. The van der Waals surface area contributed by atoms with E-state index in [4.69, 9.17) is 14.6 Å². The smallest absolute Gasteiger partial charge is 0.336 e. The average molecular weight is 336 g/mol. The van der Waals surface area contributed by atoms with Crippen molar-refractivity contribution < 1.29 is 29.3 Å². The van der Waals surface area contributed by atoms with E-state index in [1.807, 2.05) is 0 Å². The zero-order valence-corrected chi connectivity index (χ0v) is 14.1. The van der Waals surface area contributed by atoms with Gasteiger partial charge in [0.15, 0.2) is 0 Å². The van der Waals surface area contributed by atoms with Crippen LogP contribution in [0.1, 0.15) is 46.0 Å². The number of fused-ring (bicyclic) bond motifs is 2. The fourth-order valence-corrected chi connectivity index (χ4v) is 4.44. The Labute approximate surface area is 141 Å². The maximum Gasteiger partial charge on any atom is 0.336 e. The highest BCUT2D eigenvalue weighted by molar-refractivity contribution is 5.92. The van der Waals surface area contributed by atoms with E-state index in [-0.39, 0.29) is 30.5 Å². The van der Waals surface area contributed by atoms with Gasteiger partial charge in [0.2, 0.25) is 5.79 Å². The summed E-state index contributed by atoms with van der Waals surface area (Å²) in [5.41, 5.74) is 1.64. The van der Waals surface area contributed by atoms with Crippen molar-refractivity contribution in [3.63, 3.8) is 0 Å². The van der Waals surface area contributed by atoms with Gasteiger partial charge in [0.1, 0.15) is 6.10 Å². The van der Waals surface area contributed by atoms with Crippen molar-refractivity contribution in [1.82, 2.24) is 0 Å². The summed E-state index contributed by atoms with van der Waals surface area (Å²) < 4.78 is 10.7. The molecule has 4 atom stereocenters. The highest BCUT2D eigenvalue weighted by Crippen LogP contribution is 2.58. The molecule has 2 fully saturated rings. The van der Waals surface area contributed by atoms with Gasteiger partial charge in [-0.1, -0.05) is 13.5 Å². The SMILES string of the molecule is C=C1C(OC(=O)CCO)CC[C@]2(C)CC3(O)OC(=O)C(C)=C3C[C@@H]12. The van der Waals surface area contributed by atoms with Crippen LogP contribution in [0.25, 0.3) is 0 Å². The van der Waals surface area contributed by atoms with E-state index in [0.29, 0.717) is 30.4 Å². The quantitative estimate of drug-likeness (QED) is 0.601. The summed E-state index contributed by atoms with van der Waals surface area (Å²) in [6.07, 6.45) is 1.76. The predicted octanol–water partition coefficient (Wildman–Crippen LogP) is 1.61. The van der Waals surface area contributed by atoms with Gasteiger partial charge in [-0.15, -0.1) is 0 Å². The van der Waals surface area contributed by atoms with Crippen LogP contribution in [-0.2, 0) is 19.1 Å². The van der Waals surface area contributed by atoms with Crippen molar-refractivity contribution in [3.8, 4) is 0 Å². The average Bonchev–Trinajstić information content (AvgIpc) is 2.70. The van der Waals surface area contributed by atoms with Gasteiger partial charge in [0.05, 0.1) is 13.0 Å². The maximum atomic E-state index is 11.9. The minimum absolute atomic E-state index is 0.0119. The summed E-state index contributed by atoms with van der Waals surface area (Å²) >= 11 is 0. The monoisotopic (exact) mass is 336 g/mol. The van der Waals surface area contributed by atoms with Crippen LogP contribution >= 0.6 is 0 Å². The number of ether oxygens (including phenoxy) is 2. The third kappa shape index (κ3) is 2.58. The van der Waals surface area contributed by atoms with Gasteiger partial charge < -0.3 is 19.7 Å². The zero-order chi connectivity index (χ0) is 17.7. The van der Waals surface area contributed by atoms with Crippen molar-refractivity contribution in [2.45, 2.75) is 57.8 Å². The van der Waals surface area contributed by atoms with Crippen molar-refractivity contribution in [2.75, 3.05) is 6.61 Å². The predicted molar refractivity (Wildman–Crippen MR) is 84.5 cm³/mol. The molecule has 3 aliphatic rings. The van der Waals surface area contributed by atoms with Crippen LogP contribution in [0.15, 0.2) is 23.3 Å². The lowest BCUT2D eigenvalue weighted by Gasteiger charge is -2.52. The third-order valence-corrected chi connectivity index (χ3v) is 5.81. The van der Waals surface area contributed by atoms with E-state index in [2.05, 4.69) is 13.5 Å². The van der Waals surface area contributed by atoms with Crippen LogP contribution in [-0.4, -0.2) is 40.6 Å². The molecule has 0 bridgehead atoms. The van der Waals surface area contributed by atoms with E-state index in [1.54, 1.807) is 6.92 Å². The minimum Gasteiger partial charge on any atom is -0.458 e. The Kier molecular flexibility index (Phi) is 4.08. The summed E-state index contributed by atoms with van der Waals surface area (Å²) in [6, 6.07) is 0. The number of esters is 2. The lowest BCUT2D eigenvalue weighted by Crippen LogP contribution is -2.51. The van der Waals surface area contributed by atoms with Crippen LogP contribution in [0.3, 0.4) is 0 Å². The molecule has 0 aromatic carbocycles. The summed E-state index contributed by atoms with van der Waals surface area (Å²) in [6.45, 7) is 7.64. The molecule has 2 unspecified atom stereocenters. The highest BCUT2D eigenvalue weighted by Gasteiger charge is 2.58. The fraction of sp³-hybridized carbons (Fsp3) is 0.667. The van der Waals surface area contributed by atoms with Gasteiger partial charge in [0.25, 0.3) is 0 Å². The molecule has 6 heteroatoms. The molecule has 0 amide bonds. The first kappa shape index (κ1) is 17.2. The summed E-state index contributed by atoms with van der Waals surface area (Å²) in [5.74, 6) is -2.40. The van der Waals surface area contributed by atoms with E-state index >= 15 is 0 Å². The molecule has 3 rings (SSSR count). The Balaban J connectivity index is 1.84. The first-order chi connectivity index (χ1) is 11.2. The largest absolute Gasteiger partial charge is 0.458 e. The molecule has 0 saturated heterocycles. The lowest BCUT2D eigenvalue weighted by atomic mass is 9.56. The van der Waals surface area contributed by atoms with Crippen molar-refractivity contribution in [2.24, 2.45) is 11.3 Å². The van der Waals surface area contributed by atoms with E-state index in [1.165, 1.54) is 0 Å². The molecular weight excluding hydrogens is 312 g/mol. The Morgan fingerprint density at radius 3 is 2.88 bits per heavy atom. The molecule has 1 heterocycles. The number of aliphatic hydroxyl groups excluding tert-OH is 1. The number of carbonyl (C=O) groups is 2.